The van der Waals surface area contributed by atoms with Crippen molar-refractivity contribution < 1.29 is 14.6 Å². The van der Waals surface area contributed by atoms with Gasteiger partial charge < -0.3 is 20.9 Å². The van der Waals surface area contributed by atoms with Crippen LogP contribution in [0.4, 0.5) is 4.79 Å². The minimum Gasteiger partial charge on any atom is -0.444 e. The van der Waals surface area contributed by atoms with E-state index in [1.54, 1.807) is 0 Å². The number of alkyl carbamates (subject to hydrolysis) is 1. The SMILES string of the molecule is CC(C)(C)OC(=O)NCCCCC(O)CN. The van der Waals surface area contributed by atoms with Gasteiger partial charge in [-0.3, -0.25) is 0 Å². The Morgan fingerprint density at radius 3 is 2.56 bits per heavy atom. The zero-order chi connectivity index (χ0) is 12.6. The summed E-state index contributed by atoms with van der Waals surface area (Å²) in [6.45, 7) is 6.32. The first kappa shape index (κ1) is 15.2. The fraction of sp³-hybridized carbons (Fsp3) is 0.909. The highest BCUT2D eigenvalue weighted by Gasteiger charge is 2.15. The van der Waals surface area contributed by atoms with Gasteiger partial charge in [0.2, 0.25) is 0 Å². The van der Waals surface area contributed by atoms with E-state index >= 15 is 0 Å². The van der Waals surface area contributed by atoms with Crippen LogP contribution in [0.1, 0.15) is 40.0 Å². The molecule has 1 atom stereocenters. The summed E-state index contributed by atoms with van der Waals surface area (Å²) in [5.74, 6) is 0. The molecule has 0 radical (unpaired) electrons. The molecule has 1 unspecified atom stereocenters. The van der Waals surface area contributed by atoms with Crippen molar-refractivity contribution in [3.05, 3.63) is 0 Å². The van der Waals surface area contributed by atoms with E-state index < -0.39 is 17.8 Å². The van der Waals surface area contributed by atoms with E-state index in [2.05, 4.69) is 5.32 Å². The Kier molecular flexibility index (Phi) is 7.08. The first-order valence-electron chi connectivity index (χ1n) is 5.70. The largest absolute Gasteiger partial charge is 0.444 e. The van der Waals surface area contributed by atoms with E-state index in [-0.39, 0.29) is 0 Å². The number of unbranched alkanes of at least 4 members (excludes halogenated alkanes) is 1. The Labute approximate surface area is 97.3 Å². The Hall–Kier alpha value is -0.810. The van der Waals surface area contributed by atoms with Crippen molar-refractivity contribution in [1.29, 1.82) is 0 Å². The molecule has 16 heavy (non-hydrogen) atoms. The van der Waals surface area contributed by atoms with Crippen LogP contribution in [0.25, 0.3) is 0 Å². The first-order chi connectivity index (χ1) is 7.35. The van der Waals surface area contributed by atoms with Crippen LogP contribution < -0.4 is 11.1 Å². The number of ether oxygens (including phenoxy) is 1. The molecule has 0 fully saturated rings. The number of amides is 1. The van der Waals surface area contributed by atoms with E-state index in [1.165, 1.54) is 0 Å². The Morgan fingerprint density at radius 1 is 1.44 bits per heavy atom. The van der Waals surface area contributed by atoms with Crippen molar-refractivity contribution >= 4 is 6.09 Å². The lowest BCUT2D eigenvalue weighted by Crippen LogP contribution is -2.33. The molecule has 0 rings (SSSR count). The van der Waals surface area contributed by atoms with E-state index in [4.69, 9.17) is 10.5 Å². The highest BCUT2D eigenvalue weighted by Crippen LogP contribution is 2.06. The second kappa shape index (κ2) is 7.46. The van der Waals surface area contributed by atoms with Crippen molar-refractivity contribution in [1.82, 2.24) is 5.32 Å². The van der Waals surface area contributed by atoms with Crippen LogP contribution in [0.15, 0.2) is 0 Å². The second-order valence-corrected chi connectivity index (χ2v) is 4.81. The molecule has 0 bridgehead atoms. The highest BCUT2D eigenvalue weighted by molar-refractivity contribution is 5.67. The molecule has 0 aliphatic heterocycles. The summed E-state index contributed by atoms with van der Waals surface area (Å²) in [7, 11) is 0. The average molecular weight is 232 g/mol. The predicted molar refractivity (Wildman–Crippen MR) is 63.1 cm³/mol. The number of rotatable bonds is 6. The van der Waals surface area contributed by atoms with Gasteiger partial charge in [0.05, 0.1) is 6.10 Å². The normalized spacial score (nSPS) is 13.3. The molecule has 96 valence electrons. The fourth-order valence-corrected chi connectivity index (χ4v) is 1.13. The van der Waals surface area contributed by atoms with Crippen LogP contribution >= 0.6 is 0 Å². The molecule has 5 heteroatoms. The molecule has 0 heterocycles. The number of carbonyl (C=O) groups excluding carboxylic acids is 1. The van der Waals surface area contributed by atoms with Crippen LogP contribution in [-0.4, -0.2) is 36.0 Å². The van der Waals surface area contributed by atoms with Crippen molar-refractivity contribution in [2.75, 3.05) is 13.1 Å². The lowest BCUT2D eigenvalue weighted by molar-refractivity contribution is 0.0526. The maximum absolute atomic E-state index is 11.2. The van der Waals surface area contributed by atoms with Crippen molar-refractivity contribution in [2.24, 2.45) is 5.73 Å². The van der Waals surface area contributed by atoms with E-state index in [0.717, 1.165) is 12.8 Å². The lowest BCUT2D eigenvalue weighted by Gasteiger charge is -2.19. The molecule has 5 nitrogen and oxygen atoms in total. The second-order valence-electron chi connectivity index (χ2n) is 4.81. The molecule has 0 saturated carbocycles. The summed E-state index contributed by atoms with van der Waals surface area (Å²) in [6.07, 6.45) is 1.50. The minimum atomic E-state index is -0.459. The molecule has 0 aliphatic carbocycles. The predicted octanol–water partition coefficient (Wildman–Crippen LogP) is 1.00. The van der Waals surface area contributed by atoms with Gasteiger partial charge in [-0.1, -0.05) is 0 Å². The van der Waals surface area contributed by atoms with Crippen LogP contribution in [0.3, 0.4) is 0 Å². The van der Waals surface area contributed by atoms with Crippen molar-refractivity contribution in [2.45, 2.75) is 51.7 Å². The number of nitrogens with one attached hydrogen (secondary N) is 1. The number of hydrogen-bond donors (Lipinski definition) is 3. The van der Waals surface area contributed by atoms with Gasteiger partial charge >= 0.3 is 6.09 Å². The monoisotopic (exact) mass is 232 g/mol. The van der Waals surface area contributed by atoms with Crippen LogP contribution in [0, 0.1) is 0 Å². The standard InChI is InChI=1S/C11H24N2O3/c1-11(2,3)16-10(15)13-7-5-4-6-9(14)8-12/h9,14H,4-8,12H2,1-3H3,(H,13,15). The molecule has 4 N–H and O–H groups in total. The highest BCUT2D eigenvalue weighted by atomic mass is 16.6. The van der Waals surface area contributed by atoms with Gasteiger partial charge in [0, 0.05) is 13.1 Å². The summed E-state index contributed by atoms with van der Waals surface area (Å²) < 4.78 is 5.07. The lowest BCUT2D eigenvalue weighted by atomic mass is 10.1. The van der Waals surface area contributed by atoms with Crippen LogP contribution in [0.2, 0.25) is 0 Å². The maximum atomic E-state index is 11.2. The summed E-state index contributed by atoms with van der Waals surface area (Å²) in [5.41, 5.74) is 4.81. The maximum Gasteiger partial charge on any atom is 0.407 e. The van der Waals surface area contributed by atoms with E-state index in [9.17, 15) is 9.90 Å². The molecule has 1 amide bonds. The van der Waals surface area contributed by atoms with Gasteiger partial charge in [-0.05, 0) is 40.0 Å². The van der Waals surface area contributed by atoms with Crippen LogP contribution in [-0.2, 0) is 4.74 Å². The molecular formula is C11H24N2O3. The zero-order valence-electron chi connectivity index (χ0n) is 10.5. The Balaban J connectivity index is 3.42. The Bertz CT molecular complexity index is 202. The molecule has 0 saturated heterocycles. The third-order valence-corrected chi connectivity index (χ3v) is 1.90. The van der Waals surface area contributed by atoms with E-state index in [0.29, 0.717) is 19.5 Å². The van der Waals surface area contributed by atoms with Gasteiger partial charge in [0.25, 0.3) is 0 Å². The molecule has 0 aliphatic rings. The van der Waals surface area contributed by atoms with Crippen LogP contribution in [0.5, 0.6) is 0 Å². The minimum absolute atomic E-state index is 0.291. The number of aliphatic hydroxyl groups is 1. The molecule has 0 aromatic carbocycles. The molecule has 0 aromatic heterocycles. The zero-order valence-corrected chi connectivity index (χ0v) is 10.5. The van der Waals surface area contributed by atoms with E-state index in [1.807, 2.05) is 20.8 Å². The molecular weight excluding hydrogens is 208 g/mol. The third kappa shape index (κ3) is 9.73. The fourth-order valence-electron chi connectivity index (χ4n) is 1.13. The van der Waals surface area contributed by atoms with Gasteiger partial charge in [0.15, 0.2) is 0 Å². The Morgan fingerprint density at radius 2 is 2.06 bits per heavy atom. The summed E-state index contributed by atoms with van der Waals surface area (Å²) in [6, 6.07) is 0. The van der Waals surface area contributed by atoms with Gasteiger partial charge in [-0.25, -0.2) is 4.79 Å². The topological polar surface area (TPSA) is 84.6 Å². The number of carbonyl (C=O) groups is 1. The number of hydrogen-bond acceptors (Lipinski definition) is 4. The first-order valence-corrected chi connectivity index (χ1v) is 5.70. The number of nitrogens with two attached hydrogens (primary N) is 1. The number of aliphatic hydroxyl groups excluding tert-OH is 1. The van der Waals surface area contributed by atoms with Gasteiger partial charge in [-0.15, -0.1) is 0 Å². The third-order valence-electron chi connectivity index (χ3n) is 1.90. The average Bonchev–Trinajstić information content (AvgIpc) is 2.14. The van der Waals surface area contributed by atoms with Crippen molar-refractivity contribution in [3.63, 3.8) is 0 Å². The molecule has 0 spiro atoms. The molecule has 0 aromatic rings. The van der Waals surface area contributed by atoms with Gasteiger partial charge in [-0.2, -0.15) is 0 Å². The summed E-state index contributed by atoms with van der Waals surface area (Å²) in [4.78, 5) is 11.2. The van der Waals surface area contributed by atoms with Gasteiger partial charge in [0.1, 0.15) is 5.60 Å². The summed E-state index contributed by atoms with van der Waals surface area (Å²) >= 11 is 0. The smallest absolute Gasteiger partial charge is 0.407 e. The quantitative estimate of drug-likeness (QED) is 0.596. The summed E-state index contributed by atoms with van der Waals surface area (Å²) in [5, 5.41) is 11.8. The van der Waals surface area contributed by atoms with Crippen molar-refractivity contribution in [3.8, 4) is 0 Å².